The summed E-state index contributed by atoms with van der Waals surface area (Å²) in [6.45, 7) is 7.46. The summed E-state index contributed by atoms with van der Waals surface area (Å²) in [5, 5.41) is 0. The number of nitrogens with zero attached hydrogens (tertiary/aromatic N) is 2. The molecule has 0 radical (unpaired) electrons. The molecule has 0 fully saturated rings. The minimum Gasteiger partial charge on any atom is -0.310 e. The monoisotopic (exact) mass is 1530 g/mol. The maximum atomic E-state index is 2.60. The van der Waals surface area contributed by atoms with Crippen LogP contribution in [0, 0.1) is 0 Å². The van der Waals surface area contributed by atoms with Gasteiger partial charge < -0.3 is 9.80 Å². The highest BCUT2D eigenvalue weighted by Crippen LogP contribution is 2.64. The Morgan fingerprint density at radius 1 is 0.158 bits per heavy atom. The molecule has 18 aromatic rings. The first kappa shape index (κ1) is 70.9. The van der Waals surface area contributed by atoms with E-state index in [2.05, 4.69) is 486 Å². The molecule has 0 saturated heterocycles. The van der Waals surface area contributed by atoms with Crippen LogP contribution in [0.5, 0.6) is 0 Å². The van der Waals surface area contributed by atoms with Crippen molar-refractivity contribution >= 4 is 34.1 Å². The van der Waals surface area contributed by atoms with Gasteiger partial charge in [-0.2, -0.15) is 0 Å². The van der Waals surface area contributed by atoms with Crippen molar-refractivity contribution in [2.24, 2.45) is 0 Å². The lowest BCUT2D eigenvalue weighted by Crippen LogP contribution is -2.29. The van der Waals surface area contributed by atoms with Crippen LogP contribution in [-0.2, 0) is 32.5 Å². The van der Waals surface area contributed by atoms with E-state index in [1.807, 2.05) is 0 Å². The van der Waals surface area contributed by atoms with E-state index in [1.165, 1.54) is 150 Å². The summed E-state index contributed by atoms with van der Waals surface area (Å²) >= 11 is 0. The summed E-state index contributed by atoms with van der Waals surface area (Å²) in [4.78, 5) is 5.15. The molecule has 2 heteroatoms. The van der Waals surface area contributed by atoms with Gasteiger partial charge in [0.2, 0.25) is 0 Å². The first-order chi connectivity index (χ1) is 59.1. The van der Waals surface area contributed by atoms with Crippen LogP contribution in [0.25, 0.3) is 44.5 Å². The van der Waals surface area contributed by atoms with Crippen LogP contribution < -0.4 is 9.80 Å². The van der Waals surface area contributed by atoms with Crippen molar-refractivity contribution in [3.8, 4) is 44.5 Å². The molecule has 5 aliphatic carbocycles. The highest BCUT2D eigenvalue weighted by molar-refractivity contribution is 5.96. The third-order valence-corrected chi connectivity index (χ3v) is 27.9. The zero-order valence-electron chi connectivity index (χ0n) is 67.4. The third kappa shape index (κ3) is 10.1. The topological polar surface area (TPSA) is 6.48 Å². The van der Waals surface area contributed by atoms with Crippen LogP contribution in [0.4, 0.5) is 34.1 Å². The Morgan fingerprint density at radius 3 is 0.617 bits per heavy atom. The molecular weight excluding hydrogens is 1450 g/mol. The Morgan fingerprint density at radius 2 is 0.358 bits per heavy atom. The average molecular weight is 1530 g/mol. The number of rotatable bonds is 15. The number of anilines is 6. The fourth-order valence-corrected chi connectivity index (χ4v) is 23.2. The van der Waals surface area contributed by atoms with E-state index in [1.54, 1.807) is 0 Å². The molecule has 0 heterocycles. The van der Waals surface area contributed by atoms with Crippen molar-refractivity contribution in [3.05, 3.63) is 561 Å². The van der Waals surface area contributed by atoms with Crippen LogP contribution in [0.3, 0.4) is 0 Å². The van der Waals surface area contributed by atoms with Gasteiger partial charge in [-0.1, -0.05) is 403 Å². The van der Waals surface area contributed by atoms with Crippen LogP contribution >= 0.6 is 0 Å². The molecule has 568 valence electrons. The van der Waals surface area contributed by atoms with Crippen molar-refractivity contribution in [1.82, 2.24) is 0 Å². The second-order valence-corrected chi connectivity index (χ2v) is 34.4. The summed E-state index contributed by atoms with van der Waals surface area (Å²) in [6.07, 6.45) is 0.905. The van der Waals surface area contributed by atoms with Gasteiger partial charge in [0.25, 0.3) is 0 Å². The van der Waals surface area contributed by atoms with E-state index in [0.29, 0.717) is 0 Å². The molecule has 23 rings (SSSR count). The summed E-state index contributed by atoms with van der Waals surface area (Å²) in [5.74, 6) is 0. The fraction of sp³-hybridized carbons (Fsp3) is 0.0847. The predicted molar refractivity (Wildman–Crippen MR) is 496 cm³/mol. The summed E-state index contributed by atoms with van der Waals surface area (Å²) in [6, 6.07) is 173. The second kappa shape index (κ2) is 27.3. The zero-order chi connectivity index (χ0) is 79.9. The van der Waals surface area contributed by atoms with Crippen molar-refractivity contribution < 1.29 is 0 Å². The maximum Gasteiger partial charge on any atom is 0.0714 e. The van der Waals surface area contributed by atoms with Gasteiger partial charge in [0, 0.05) is 39.5 Å². The Kier molecular flexibility index (Phi) is 16.2. The van der Waals surface area contributed by atoms with Gasteiger partial charge in [-0.05, 0) is 235 Å². The van der Waals surface area contributed by atoms with E-state index in [4.69, 9.17) is 0 Å². The molecule has 18 aromatic carbocycles. The van der Waals surface area contributed by atoms with Gasteiger partial charge >= 0.3 is 0 Å². The van der Waals surface area contributed by atoms with Gasteiger partial charge in [-0.3, -0.25) is 0 Å². The van der Waals surface area contributed by atoms with Crippen molar-refractivity contribution in [2.75, 3.05) is 9.80 Å². The normalized spacial score (nSPS) is 16.1. The summed E-state index contributed by atoms with van der Waals surface area (Å²) in [7, 11) is 0. The standard InChI is InChI=1S/C118H86N2/c1-113(2)79-114(3,80-60-62-89(63-61-80)119(90-64-69-99-95-52-28-32-56-103(95)115(108(99)74-90,81-36-12-4-13-37-81)82-38-14-5-15-39-82)91-65-70-100-96-53-29-33-57-104(96)116(109(100)75-91,83-40-16-6-17-41-83)84-42-18-7-19-43-84)112-78-94(68-73-107(112)113)120(92-66-71-101-97-54-30-34-58-105(97)117(110(101)76-92,85-44-20-8-21-45-85)86-46-22-9-23-47-86)93-67-72-102-98-55-31-35-59-106(98)118(111(102)77-93,87-48-24-10-25-49-87)88-50-26-11-27-51-88/h4-78H,79H2,1-3H3. The summed E-state index contributed by atoms with van der Waals surface area (Å²) < 4.78 is 0. The van der Waals surface area contributed by atoms with Crippen LogP contribution in [-0.4, -0.2) is 0 Å². The highest BCUT2D eigenvalue weighted by atomic mass is 15.1. The molecule has 1 atom stereocenters. The molecule has 120 heavy (non-hydrogen) atoms. The van der Waals surface area contributed by atoms with Crippen molar-refractivity contribution in [3.63, 3.8) is 0 Å². The summed E-state index contributed by atoms with van der Waals surface area (Å²) in [5.41, 5.74) is 37.4. The zero-order valence-corrected chi connectivity index (χ0v) is 67.4. The van der Waals surface area contributed by atoms with Crippen LogP contribution in [0.15, 0.2) is 455 Å². The predicted octanol–water partition coefficient (Wildman–Crippen LogP) is 29.1. The van der Waals surface area contributed by atoms with E-state index in [9.17, 15) is 0 Å². The molecule has 2 nitrogen and oxygen atoms in total. The van der Waals surface area contributed by atoms with Gasteiger partial charge in [-0.25, -0.2) is 0 Å². The lowest BCUT2D eigenvalue weighted by atomic mass is 9.67. The number of fused-ring (bicyclic) bond motifs is 13. The lowest BCUT2D eigenvalue weighted by molar-refractivity contribution is 0.425. The molecule has 1 unspecified atom stereocenters. The molecule has 0 N–H and O–H groups in total. The Labute approximate surface area is 704 Å². The molecule has 5 aliphatic rings. The van der Waals surface area contributed by atoms with E-state index < -0.39 is 27.1 Å². The average Bonchev–Trinajstić information content (AvgIpc) is 1.56. The fourth-order valence-electron chi connectivity index (χ4n) is 23.2. The van der Waals surface area contributed by atoms with E-state index >= 15 is 0 Å². The number of hydrogen-bond acceptors (Lipinski definition) is 2. The van der Waals surface area contributed by atoms with Crippen LogP contribution in [0.2, 0.25) is 0 Å². The lowest BCUT2D eigenvalue weighted by Gasteiger charge is -2.36. The molecule has 0 bridgehead atoms. The smallest absolute Gasteiger partial charge is 0.0714 e. The molecule has 0 saturated carbocycles. The Balaban J connectivity index is 0.728. The second-order valence-electron chi connectivity index (χ2n) is 34.4. The largest absolute Gasteiger partial charge is 0.310 e. The van der Waals surface area contributed by atoms with Gasteiger partial charge in [0.15, 0.2) is 0 Å². The Bertz CT molecular complexity index is 6500. The van der Waals surface area contributed by atoms with Crippen molar-refractivity contribution in [1.29, 1.82) is 0 Å². The van der Waals surface area contributed by atoms with Gasteiger partial charge in [0.1, 0.15) is 0 Å². The maximum absolute atomic E-state index is 2.60. The van der Waals surface area contributed by atoms with Gasteiger partial charge in [0.05, 0.1) is 21.7 Å². The quantitative estimate of drug-likeness (QED) is 0.101. The molecule has 0 spiro atoms. The SMILES string of the molecule is CC1(C)CC(C)(c2ccc(N(c3ccc4c(c3)C(c3ccccc3)(c3ccccc3)c3ccccc3-4)c3ccc4c(c3)C(c3ccccc3)(c3ccccc3)c3ccccc3-4)cc2)c2cc(N(c3ccc4c(c3)C(c3ccccc3)(c3ccccc3)c3ccccc3-4)c3ccc4c(c3)C(c3ccccc3)(c3ccccc3)c3ccccc3-4)ccc21. The first-order valence-corrected chi connectivity index (χ1v) is 42.4. The minimum atomic E-state index is -0.629. The van der Waals surface area contributed by atoms with Crippen molar-refractivity contribution in [2.45, 2.75) is 59.7 Å². The first-order valence-electron chi connectivity index (χ1n) is 42.4. The van der Waals surface area contributed by atoms with Gasteiger partial charge in [-0.15, -0.1) is 0 Å². The molecule has 0 amide bonds. The van der Waals surface area contributed by atoms with E-state index in [0.717, 1.165) is 40.5 Å². The number of hydrogen-bond donors (Lipinski definition) is 0. The highest BCUT2D eigenvalue weighted by Gasteiger charge is 2.53. The van der Waals surface area contributed by atoms with Crippen LogP contribution in [0.1, 0.15) is 133 Å². The minimum absolute atomic E-state index is 0.190. The molecule has 0 aromatic heterocycles. The third-order valence-electron chi connectivity index (χ3n) is 27.9. The molecular formula is C118H86N2. The Hall–Kier alpha value is -14.4. The molecule has 0 aliphatic heterocycles. The van der Waals surface area contributed by atoms with E-state index in [-0.39, 0.29) is 5.41 Å². The number of benzene rings is 18.